The van der Waals surface area contributed by atoms with Gasteiger partial charge in [0.25, 0.3) is 0 Å². The molecule has 0 fully saturated rings. The third kappa shape index (κ3) is 1.91. The van der Waals surface area contributed by atoms with Crippen LogP contribution in [-0.2, 0) is 11.3 Å². The lowest BCUT2D eigenvalue weighted by Crippen LogP contribution is -2.34. The molecule has 2 heterocycles. The highest BCUT2D eigenvalue weighted by Gasteiger charge is 2.29. The fourth-order valence-corrected chi connectivity index (χ4v) is 1.43. The van der Waals surface area contributed by atoms with Gasteiger partial charge >= 0.3 is 11.7 Å². The quantitative estimate of drug-likeness (QED) is 0.810. The zero-order valence-corrected chi connectivity index (χ0v) is 9.49. The smallest absolute Gasteiger partial charge is 0.350 e. The van der Waals surface area contributed by atoms with Gasteiger partial charge in [0.1, 0.15) is 0 Å². The molecule has 0 bridgehead atoms. The summed E-state index contributed by atoms with van der Waals surface area (Å²) in [7, 11) is 0. The highest BCUT2D eigenvalue weighted by atomic mass is 16.4. The molecule has 0 aliphatic rings. The SMILES string of the molecule is CC(C)(Cn1nc2cnccn2c1=O)C(=O)O. The van der Waals surface area contributed by atoms with Gasteiger partial charge in [0, 0.05) is 12.4 Å². The van der Waals surface area contributed by atoms with Gasteiger partial charge in [-0.05, 0) is 13.8 Å². The van der Waals surface area contributed by atoms with Crippen LogP contribution in [0.2, 0.25) is 0 Å². The third-order valence-electron chi connectivity index (χ3n) is 2.51. The molecule has 7 heteroatoms. The molecule has 0 saturated heterocycles. The van der Waals surface area contributed by atoms with Gasteiger partial charge in [-0.25, -0.2) is 13.9 Å². The summed E-state index contributed by atoms with van der Waals surface area (Å²) < 4.78 is 2.47. The van der Waals surface area contributed by atoms with Crippen molar-refractivity contribution in [1.29, 1.82) is 0 Å². The van der Waals surface area contributed by atoms with E-state index in [1.807, 2.05) is 0 Å². The lowest BCUT2D eigenvalue weighted by atomic mass is 9.94. The Morgan fingerprint density at radius 1 is 1.53 bits per heavy atom. The van der Waals surface area contributed by atoms with Crippen molar-refractivity contribution in [1.82, 2.24) is 19.2 Å². The van der Waals surface area contributed by atoms with Gasteiger partial charge in [0.05, 0.1) is 18.2 Å². The average Bonchev–Trinajstić information content (AvgIpc) is 2.56. The van der Waals surface area contributed by atoms with Crippen LogP contribution in [0.15, 0.2) is 23.4 Å². The summed E-state index contributed by atoms with van der Waals surface area (Å²) in [6.07, 6.45) is 4.42. The summed E-state index contributed by atoms with van der Waals surface area (Å²) in [4.78, 5) is 26.7. The van der Waals surface area contributed by atoms with Crippen molar-refractivity contribution in [2.24, 2.45) is 5.41 Å². The maximum Gasteiger partial charge on any atom is 0.350 e. The van der Waals surface area contributed by atoms with Crippen LogP contribution in [0.25, 0.3) is 5.65 Å². The van der Waals surface area contributed by atoms with Crippen LogP contribution in [-0.4, -0.2) is 30.2 Å². The number of fused-ring (bicyclic) bond motifs is 1. The molecule has 0 aromatic carbocycles. The monoisotopic (exact) mass is 236 g/mol. The Bertz CT molecular complexity index is 626. The van der Waals surface area contributed by atoms with Crippen molar-refractivity contribution in [2.45, 2.75) is 20.4 Å². The van der Waals surface area contributed by atoms with Crippen LogP contribution in [0.1, 0.15) is 13.8 Å². The summed E-state index contributed by atoms with van der Waals surface area (Å²) in [5.41, 5.74) is -1.01. The number of carboxylic acid groups (broad SMARTS) is 1. The van der Waals surface area contributed by atoms with Crippen molar-refractivity contribution in [3.8, 4) is 0 Å². The molecule has 0 spiro atoms. The van der Waals surface area contributed by atoms with Crippen LogP contribution in [0.4, 0.5) is 0 Å². The lowest BCUT2D eigenvalue weighted by Gasteiger charge is -2.17. The maximum absolute atomic E-state index is 11.9. The molecule has 0 aliphatic carbocycles. The maximum atomic E-state index is 11.9. The normalized spacial score (nSPS) is 11.9. The van der Waals surface area contributed by atoms with Crippen LogP contribution >= 0.6 is 0 Å². The Morgan fingerprint density at radius 3 is 2.82 bits per heavy atom. The van der Waals surface area contributed by atoms with Crippen molar-refractivity contribution < 1.29 is 9.90 Å². The number of hydrogen-bond donors (Lipinski definition) is 1. The molecule has 7 nitrogen and oxygen atoms in total. The molecular weight excluding hydrogens is 224 g/mol. The minimum Gasteiger partial charge on any atom is -0.481 e. The number of aliphatic carboxylic acids is 1. The van der Waals surface area contributed by atoms with E-state index in [0.29, 0.717) is 5.65 Å². The van der Waals surface area contributed by atoms with Gasteiger partial charge in [0.15, 0.2) is 5.65 Å². The van der Waals surface area contributed by atoms with E-state index in [0.717, 1.165) is 4.68 Å². The van der Waals surface area contributed by atoms with Gasteiger partial charge in [-0.15, -0.1) is 5.10 Å². The van der Waals surface area contributed by atoms with Gasteiger partial charge in [-0.1, -0.05) is 0 Å². The van der Waals surface area contributed by atoms with E-state index in [9.17, 15) is 9.59 Å². The second-order valence-corrected chi connectivity index (χ2v) is 4.43. The predicted molar refractivity (Wildman–Crippen MR) is 58.7 cm³/mol. The molecule has 0 radical (unpaired) electrons. The largest absolute Gasteiger partial charge is 0.481 e. The first-order chi connectivity index (χ1) is 7.92. The average molecular weight is 236 g/mol. The van der Waals surface area contributed by atoms with Crippen molar-refractivity contribution >= 4 is 11.6 Å². The third-order valence-corrected chi connectivity index (χ3v) is 2.51. The molecule has 1 N–H and O–H groups in total. The Labute approximate surface area is 96.3 Å². The molecule has 90 valence electrons. The summed E-state index contributed by atoms with van der Waals surface area (Å²) in [5, 5.41) is 13.0. The molecule has 0 amide bonds. The fourth-order valence-electron chi connectivity index (χ4n) is 1.43. The van der Waals surface area contributed by atoms with Gasteiger partial charge in [-0.2, -0.15) is 0 Å². The van der Waals surface area contributed by atoms with E-state index in [1.54, 1.807) is 13.8 Å². The summed E-state index contributed by atoms with van der Waals surface area (Å²) >= 11 is 0. The molecule has 17 heavy (non-hydrogen) atoms. The predicted octanol–water partition coefficient (Wildman–Crippen LogP) is 0.00180. The van der Waals surface area contributed by atoms with Crippen LogP contribution in [0, 0.1) is 5.41 Å². The topological polar surface area (TPSA) is 89.5 Å². The van der Waals surface area contributed by atoms with Crippen LogP contribution in [0.3, 0.4) is 0 Å². The van der Waals surface area contributed by atoms with Crippen molar-refractivity contribution in [3.05, 3.63) is 29.1 Å². The highest BCUT2D eigenvalue weighted by Crippen LogP contribution is 2.16. The lowest BCUT2D eigenvalue weighted by molar-refractivity contribution is -0.147. The minimum absolute atomic E-state index is 0.0167. The Kier molecular flexibility index (Phi) is 2.45. The Morgan fingerprint density at radius 2 is 2.24 bits per heavy atom. The highest BCUT2D eigenvalue weighted by molar-refractivity contribution is 5.73. The molecule has 2 aromatic rings. The summed E-state index contributed by atoms with van der Waals surface area (Å²) in [6, 6.07) is 0. The summed E-state index contributed by atoms with van der Waals surface area (Å²) in [5.74, 6) is -0.973. The van der Waals surface area contributed by atoms with E-state index in [4.69, 9.17) is 5.11 Å². The van der Waals surface area contributed by atoms with Crippen molar-refractivity contribution in [3.63, 3.8) is 0 Å². The number of hydrogen-bond acceptors (Lipinski definition) is 4. The second kappa shape index (κ2) is 3.69. The number of carbonyl (C=O) groups is 1. The zero-order valence-electron chi connectivity index (χ0n) is 9.49. The van der Waals surface area contributed by atoms with Crippen LogP contribution < -0.4 is 5.69 Å². The second-order valence-electron chi connectivity index (χ2n) is 4.43. The molecule has 0 atom stereocenters. The summed E-state index contributed by atoms with van der Waals surface area (Å²) in [6.45, 7) is 3.11. The zero-order chi connectivity index (χ0) is 12.6. The van der Waals surface area contributed by atoms with Crippen LogP contribution in [0.5, 0.6) is 0 Å². The number of rotatable bonds is 3. The van der Waals surface area contributed by atoms with Gasteiger partial charge in [-0.3, -0.25) is 9.78 Å². The Balaban J connectivity index is 2.47. The first kappa shape index (κ1) is 11.3. The van der Waals surface area contributed by atoms with Gasteiger partial charge in [0.2, 0.25) is 0 Å². The van der Waals surface area contributed by atoms with E-state index >= 15 is 0 Å². The Hall–Kier alpha value is -2.18. The molecule has 2 aromatic heterocycles. The molecule has 2 rings (SSSR count). The molecule has 0 unspecified atom stereocenters. The number of carboxylic acids is 1. The van der Waals surface area contributed by atoms with E-state index < -0.39 is 11.4 Å². The standard InChI is InChI=1S/C10H12N4O3/c1-10(2,8(15)16)6-14-9(17)13-4-3-11-5-7(13)12-14/h3-5H,6H2,1-2H3,(H,15,16). The first-order valence-corrected chi connectivity index (χ1v) is 5.04. The van der Waals surface area contributed by atoms with E-state index in [1.165, 1.54) is 23.0 Å². The van der Waals surface area contributed by atoms with Crippen molar-refractivity contribution in [2.75, 3.05) is 0 Å². The first-order valence-electron chi connectivity index (χ1n) is 5.04. The van der Waals surface area contributed by atoms with Gasteiger partial charge < -0.3 is 5.11 Å². The fraction of sp³-hybridized carbons (Fsp3) is 0.400. The van der Waals surface area contributed by atoms with E-state index in [-0.39, 0.29) is 12.2 Å². The van der Waals surface area contributed by atoms with E-state index in [2.05, 4.69) is 10.1 Å². The molecule has 0 saturated carbocycles. The molecular formula is C10H12N4O3. The minimum atomic E-state index is -1.05. The number of aromatic nitrogens is 4. The number of nitrogens with zero attached hydrogens (tertiary/aromatic N) is 4. The molecule has 0 aliphatic heterocycles.